The fourth-order valence-electron chi connectivity index (χ4n) is 1.12. The molecule has 0 spiro atoms. The van der Waals surface area contributed by atoms with E-state index in [0.29, 0.717) is 12.1 Å². The van der Waals surface area contributed by atoms with E-state index in [9.17, 15) is 4.39 Å². The molecular weight excluding hydrogens is 155 g/mol. The normalized spacial score (nSPS) is 12.2. The summed E-state index contributed by atoms with van der Waals surface area (Å²) in [5.41, 5.74) is 1.23. The molecule has 1 N–H and O–H groups in total. The summed E-state index contributed by atoms with van der Waals surface area (Å²) in [6.07, 6.45) is 2.22. The summed E-state index contributed by atoms with van der Waals surface area (Å²) in [4.78, 5) is 6.98. The summed E-state index contributed by atoms with van der Waals surface area (Å²) in [5.74, 6) is 0.515. The second-order valence-electron chi connectivity index (χ2n) is 2.76. The zero-order chi connectivity index (χ0) is 9.14. The fraction of sp³-hybridized carbons (Fsp3) is 0.444. The predicted octanol–water partition coefficient (Wildman–Crippen LogP) is 2.75. The van der Waals surface area contributed by atoms with E-state index in [-0.39, 0.29) is 5.83 Å². The first-order valence-electron chi connectivity index (χ1n) is 4.04. The summed E-state index contributed by atoms with van der Waals surface area (Å²) in [5, 5.41) is 0. The lowest BCUT2D eigenvalue weighted by Crippen LogP contribution is -1.81. The first kappa shape index (κ1) is 8.97. The molecular formula is C9H13FN2. The zero-order valence-electron chi connectivity index (χ0n) is 7.61. The van der Waals surface area contributed by atoms with Crippen LogP contribution in [0.15, 0.2) is 6.08 Å². The highest BCUT2D eigenvalue weighted by Crippen LogP contribution is 2.17. The Bertz CT molecular complexity index is 299. The van der Waals surface area contributed by atoms with Crippen molar-refractivity contribution in [3.05, 3.63) is 23.3 Å². The van der Waals surface area contributed by atoms with Crippen molar-refractivity contribution in [2.45, 2.75) is 27.2 Å². The third-order valence-corrected chi connectivity index (χ3v) is 1.61. The number of halogens is 1. The predicted molar refractivity (Wildman–Crippen MR) is 47.4 cm³/mol. The van der Waals surface area contributed by atoms with Gasteiger partial charge in [-0.05, 0) is 26.3 Å². The Labute approximate surface area is 71.5 Å². The summed E-state index contributed by atoms with van der Waals surface area (Å²) in [6.45, 7) is 5.53. The molecule has 3 heteroatoms. The lowest BCUT2D eigenvalue weighted by Gasteiger charge is -1.91. The number of H-pyrrole nitrogens is 1. The molecule has 0 amide bonds. The number of nitrogens with one attached hydrogen (secondary N) is 1. The minimum Gasteiger partial charge on any atom is -0.346 e. The standard InChI is InChI=1S/C9H13FN2/c1-4-5-8(10)9-6(2)11-7(3)12-9/h5H,4H2,1-3H3,(H,11,12)/b8-5+. The van der Waals surface area contributed by atoms with Crippen LogP contribution in [0.1, 0.15) is 30.6 Å². The van der Waals surface area contributed by atoms with Gasteiger partial charge in [-0.1, -0.05) is 6.92 Å². The van der Waals surface area contributed by atoms with Crippen molar-refractivity contribution < 1.29 is 4.39 Å². The summed E-state index contributed by atoms with van der Waals surface area (Å²) >= 11 is 0. The van der Waals surface area contributed by atoms with Crippen molar-refractivity contribution in [1.82, 2.24) is 9.97 Å². The molecule has 0 unspecified atom stereocenters. The van der Waals surface area contributed by atoms with Gasteiger partial charge in [0.2, 0.25) is 0 Å². The second kappa shape index (κ2) is 3.52. The Kier molecular flexibility index (Phi) is 2.63. The van der Waals surface area contributed by atoms with Crippen LogP contribution in [-0.4, -0.2) is 9.97 Å². The van der Waals surface area contributed by atoms with Crippen molar-refractivity contribution in [3.63, 3.8) is 0 Å². The Hall–Kier alpha value is -1.12. The molecule has 0 saturated carbocycles. The van der Waals surface area contributed by atoms with Gasteiger partial charge in [-0.3, -0.25) is 0 Å². The largest absolute Gasteiger partial charge is 0.346 e. The maximum absolute atomic E-state index is 13.2. The summed E-state index contributed by atoms with van der Waals surface area (Å²) < 4.78 is 13.2. The number of hydrogen-bond acceptors (Lipinski definition) is 1. The fourth-order valence-corrected chi connectivity index (χ4v) is 1.12. The van der Waals surface area contributed by atoms with Gasteiger partial charge in [0.25, 0.3) is 0 Å². The van der Waals surface area contributed by atoms with Gasteiger partial charge in [0.15, 0.2) is 0 Å². The first-order chi connectivity index (χ1) is 5.65. The number of imidazole rings is 1. The van der Waals surface area contributed by atoms with E-state index in [0.717, 1.165) is 11.5 Å². The molecule has 0 radical (unpaired) electrons. The van der Waals surface area contributed by atoms with E-state index < -0.39 is 0 Å². The van der Waals surface area contributed by atoms with Gasteiger partial charge in [0.1, 0.15) is 17.3 Å². The van der Waals surface area contributed by atoms with Crippen LogP contribution in [0.25, 0.3) is 5.83 Å². The van der Waals surface area contributed by atoms with Crippen LogP contribution in [0.4, 0.5) is 4.39 Å². The molecule has 0 aliphatic heterocycles. The maximum Gasteiger partial charge on any atom is 0.146 e. The Morgan fingerprint density at radius 3 is 2.67 bits per heavy atom. The highest BCUT2D eigenvalue weighted by Gasteiger charge is 2.07. The van der Waals surface area contributed by atoms with Crippen molar-refractivity contribution in [2.75, 3.05) is 0 Å². The highest BCUT2D eigenvalue weighted by molar-refractivity contribution is 5.57. The first-order valence-corrected chi connectivity index (χ1v) is 4.04. The van der Waals surface area contributed by atoms with Gasteiger partial charge < -0.3 is 4.98 Å². The average molecular weight is 168 g/mol. The van der Waals surface area contributed by atoms with Crippen LogP contribution in [0.2, 0.25) is 0 Å². The molecule has 1 heterocycles. The number of hydrogen-bond donors (Lipinski definition) is 1. The number of nitrogens with zero attached hydrogens (tertiary/aromatic N) is 1. The Balaban J connectivity index is 3.02. The van der Waals surface area contributed by atoms with Gasteiger partial charge in [-0.15, -0.1) is 0 Å². The van der Waals surface area contributed by atoms with Crippen LogP contribution in [-0.2, 0) is 0 Å². The maximum atomic E-state index is 13.2. The van der Waals surface area contributed by atoms with Gasteiger partial charge in [-0.2, -0.15) is 0 Å². The molecule has 0 bridgehead atoms. The number of allylic oxidation sites excluding steroid dienone is 1. The molecule has 1 rings (SSSR count). The van der Waals surface area contributed by atoms with E-state index in [1.165, 1.54) is 6.08 Å². The molecule has 0 fully saturated rings. The Morgan fingerprint density at radius 1 is 1.58 bits per heavy atom. The lowest BCUT2D eigenvalue weighted by atomic mass is 10.3. The minimum absolute atomic E-state index is 0.237. The number of aryl methyl sites for hydroxylation is 2. The number of rotatable bonds is 2. The number of aromatic amines is 1. The third kappa shape index (κ3) is 1.72. The van der Waals surface area contributed by atoms with Crippen molar-refractivity contribution >= 4 is 5.83 Å². The van der Waals surface area contributed by atoms with Crippen molar-refractivity contribution in [1.29, 1.82) is 0 Å². The zero-order valence-corrected chi connectivity index (χ0v) is 7.61. The molecule has 2 nitrogen and oxygen atoms in total. The molecule has 12 heavy (non-hydrogen) atoms. The van der Waals surface area contributed by atoms with Crippen LogP contribution in [0.3, 0.4) is 0 Å². The molecule has 0 saturated heterocycles. The lowest BCUT2D eigenvalue weighted by molar-refractivity contribution is 0.747. The molecule has 0 aliphatic carbocycles. The summed E-state index contributed by atoms with van der Waals surface area (Å²) in [6, 6.07) is 0. The van der Waals surface area contributed by atoms with E-state index in [1.54, 1.807) is 0 Å². The van der Waals surface area contributed by atoms with Gasteiger partial charge in [0, 0.05) is 5.69 Å². The van der Waals surface area contributed by atoms with Gasteiger partial charge in [0.05, 0.1) is 0 Å². The smallest absolute Gasteiger partial charge is 0.146 e. The number of aromatic nitrogens is 2. The minimum atomic E-state index is -0.237. The highest BCUT2D eigenvalue weighted by atomic mass is 19.1. The SMILES string of the molecule is CC/C=C(/F)c1nc(C)[nH]c1C. The van der Waals surface area contributed by atoms with Crippen LogP contribution in [0, 0.1) is 13.8 Å². The van der Waals surface area contributed by atoms with Crippen molar-refractivity contribution in [3.8, 4) is 0 Å². The van der Waals surface area contributed by atoms with E-state index in [4.69, 9.17) is 0 Å². The second-order valence-corrected chi connectivity index (χ2v) is 2.76. The van der Waals surface area contributed by atoms with Crippen molar-refractivity contribution in [2.24, 2.45) is 0 Å². The molecule has 0 aromatic carbocycles. The molecule has 1 aromatic heterocycles. The van der Waals surface area contributed by atoms with E-state index in [2.05, 4.69) is 9.97 Å². The van der Waals surface area contributed by atoms with Crippen LogP contribution in [0.5, 0.6) is 0 Å². The van der Waals surface area contributed by atoms with E-state index in [1.807, 2.05) is 20.8 Å². The molecule has 66 valence electrons. The topological polar surface area (TPSA) is 28.7 Å². The summed E-state index contributed by atoms with van der Waals surface area (Å²) in [7, 11) is 0. The molecule has 0 aliphatic rings. The van der Waals surface area contributed by atoms with Crippen LogP contribution < -0.4 is 0 Å². The monoisotopic (exact) mass is 168 g/mol. The van der Waals surface area contributed by atoms with Gasteiger partial charge in [-0.25, -0.2) is 9.37 Å². The molecule has 0 atom stereocenters. The van der Waals surface area contributed by atoms with Gasteiger partial charge >= 0.3 is 0 Å². The third-order valence-electron chi connectivity index (χ3n) is 1.61. The quantitative estimate of drug-likeness (QED) is 0.722. The Morgan fingerprint density at radius 2 is 2.25 bits per heavy atom. The average Bonchev–Trinajstić information content (AvgIpc) is 2.30. The van der Waals surface area contributed by atoms with E-state index >= 15 is 0 Å². The molecule has 1 aromatic rings. The van der Waals surface area contributed by atoms with Crippen LogP contribution >= 0.6 is 0 Å².